The maximum Gasteiger partial charge on any atom is 0.344 e. The molecule has 1 saturated heterocycles. The molecule has 0 spiro atoms. The number of carbonyl (C=O) groups is 3. The molecule has 0 radical (unpaired) electrons. The highest BCUT2D eigenvalue weighted by molar-refractivity contribution is 6.13. The summed E-state index contributed by atoms with van der Waals surface area (Å²) >= 11 is 0. The van der Waals surface area contributed by atoms with Crippen LogP contribution in [0, 0.1) is 0 Å². The van der Waals surface area contributed by atoms with E-state index in [1.54, 1.807) is 18.2 Å². The van der Waals surface area contributed by atoms with E-state index < -0.39 is 24.0 Å². The van der Waals surface area contributed by atoms with Gasteiger partial charge in [-0.05, 0) is 36.3 Å². The lowest BCUT2D eigenvalue weighted by atomic mass is 10.1. The molecule has 0 saturated carbocycles. The van der Waals surface area contributed by atoms with E-state index in [9.17, 15) is 14.4 Å². The monoisotopic (exact) mass is 396 g/mol. The number of benzene rings is 2. The third kappa shape index (κ3) is 4.55. The summed E-state index contributed by atoms with van der Waals surface area (Å²) in [6, 6.07) is 13.5. The molecule has 1 heterocycles. The molecule has 150 valence electrons. The minimum Gasteiger partial charge on any atom is -0.493 e. The van der Waals surface area contributed by atoms with Crippen LogP contribution in [0.1, 0.15) is 18.1 Å². The molecule has 2 N–H and O–H groups in total. The van der Waals surface area contributed by atoms with Gasteiger partial charge in [0.1, 0.15) is 5.70 Å². The smallest absolute Gasteiger partial charge is 0.344 e. The van der Waals surface area contributed by atoms with E-state index in [1.165, 1.54) is 20.1 Å². The van der Waals surface area contributed by atoms with Crippen molar-refractivity contribution in [1.82, 2.24) is 10.2 Å². The number of imide groups is 1. The lowest BCUT2D eigenvalue weighted by Crippen LogP contribution is -2.30. The molecule has 29 heavy (non-hydrogen) atoms. The number of nitrogens with one attached hydrogen (secondary N) is 1. The number of carboxylic acids is 1. The minimum atomic E-state index is -1.10. The van der Waals surface area contributed by atoms with Gasteiger partial charge in [0.15, 0.2) is 17.6 Å². The summed E-state index contributed by atoms with van der Waals surface area (Å²) in [5, 5.41) is 11.5. The quantitative estimate of drug-likeness (QED) is 0.551. The van der Waals surface area contributed by atoms with Gasteiger partial charge >= 0.3 is 12.0 Å². The van der Waals surface area contributed by atoms with Gasteiger partial charge in [0.25, 0.3) is 5.91 Å². The van der Waals surface area contributed by atoms with Gasteiger partial charge in [-0.15, -0.1) is 0 Å². The van der Waals surface area contributed by atoms with E-state index in [4.69, 9.17) is 14.6 Å². The zero-order chi connectivity index (χ0) is 21.0. The van der Waals surface area contributed by atoms with Crippen LogP contribution in [0.4, 0.5) is 4.79 Å². The van der Waals surface area contributed by atoms with Crippen molar-refractivity contribution < 1.29 is 29.0 Å². The Hall–Kier alpha value is -3.81. The molecule has 8 heteroatoms. The topological polar surface area (TPSA) is 105 Å². The fourth-order valence-electron chi connectivity index (χ4n) is 2.76. The number of methoxy groups -OCH3 is 1. The van der Waals surface area contributed by atoms with Crippen molar-refractivity contribution in [3.63, 3.8) is 0 Å². The molecule has 3 amide bonds. The van der Waals surface area contributed by atoms with Gasteiger partial charge in [0, 0.05) is 0 Å². The second-order valence-electron chi connectivity index (χ2n) is 6.37. The summed E-state index contributed by atoms with van der Waals surface area (Å²) in [6.07, 6.45) is 0.480. The first-order valence-electron chi connectivity index (χ1n) is 8.85. The second kappa shape index (κ2) is 8.47. The molecule has 1 aliphatic rings. The number of hydrogen-bond donors (Lipinski definition) is 2. The van der Waals surface area contributed by atoms with Crippen LogP contribution in [0.3, 0.4) is 0 Å². The number of carbonyl (C=O) groups excluding carboxylic acids is 2. The van der Waals surface area contributed by atoms with Gasteiger partial charge in [-0.1, -0.05) is 36.4 Å². The first-order chi connectivity index (χ1) is 13.9. The van der Waals surface area contributed by atoms with Crippen LogP contribution in [-0.2, 0) is 16.1 Å². The number of aliphatic carboxylic acids is 1. The molecule has 8 nitrogen and oxygen atoms in total. The summed E-state index contributed by atoms with van der Waals surface area (Å²) in [5.41, 5.74) is 1.57. The third-order valence-electron chi connectivity index (χ3n) is 4.30. The number of rotatable bonds is 7. The van der Waals surface area contributed by atoms with Crippen molar-refractivity contribution in [2.45, 2.75) is 19.6 Å². The standard InChI is InChI=1S/C21H20N2O6/c1-13(20(25)26)29-17-9-8-15(11-18(17)28-2)10-16-19(24)23(21(27)22-16)12-14-6-4-3-5-7-14/h3-11,13H,12H2,1-2H3,(H,22,27)(H,25,26)/b16-10+/t13-/m1/s1. The Morgan fingerprint density at radius 3 is 2.55 bits per heavy atom. The second-order valence-corrected chi connectivity index (χ2v) is 6.37. The Labute approximate surface area is 167 Å². The lowest BCUT2D eigenvalue weighted by molar-refractivity contribution is -0.144. The normalized spacial score (nSPS) is 15.9. The summed E-state index contributed by atoms with van der Waals surface area (Å²) in [5.74, 6) is -0.962. The lowest BCUT2D eigenvalue weighted by Gasteiger charge is -2.14. The highest BCUT2D eigenvalue weighted by Crippen LogP contribution is 2.30. The molecule has 2 aromatic rings. The van der Waals surface area contributed by atoms with Crippen LogP contribution in [0.15, 0.2) is 54.2 Å². The molecular weight excluding hydrogens is 376 g/mol. The number of nitrogens with zero attached hydrogens (tertiary/aromatic N) is 1. The zero-order valence-corrected chi connectivity index (χ0v) is 15.9. The Bertz CT molecular complexity index is 970. The maximum absolute atomic E-state index is 12.6. The van der Waals surface area contributed by atoms with Gasteiger partial charge in [-0.2, -0.15) is 0 Å². The van der Waals surface area contributed by atoms with E-state index in [0.29, 0.717) is 11.3 Å². The Morgan fingerprint density at radius 1 is 1.17 bits per heavy atom. The first-order valence-corrected chi connectivity index (χ1v) is 8.85. The molecule has 0 unspecified atom stereocenters. The van der Waals surface area contributed by atoms with E-state index in [0.717, 1.165) is 10.5 Å². The maximum atomic E-state index is 12.6. The Morgan fingerprint density at radius 2 is 1.90 bits per heavy atom. The van der Waals surface area contributed by atoms with Crippen LogP contribution in [0.25, 0.3) is 6.08 Å². The van der Waals surface area contributed by atoms with E-state index in [2.05, 4.69) is 5.32 Å². The van der Waals surface area contributed by atoms with Crippen molar-refractivity contribution in [2.24, 2.45) is 0 Å². The van der Waals surface area contributed by atoms with E-state index in [-0.39, 0.29) is 18.0 Å². The number of ether oxygens (including phenoxy) is 2. The predicted octanol–water partition coefficient (Wildman–Crippen LogP) is 2.64. The summed E-state index contributed by atoms with van der Waals surface area (Å²) in [4.78, 5) is 36.9. The summed E-state index contributed by atoms with van der Waals surface area (Å²) in [7, 11) is 1.43. The van der Waals surface area contributed by atoms with Crippen LogP contribution in [0.2, 0.25) is 0 Å². The van der Waals surface area contributed by atoms with E-state index in [1.807, 2.05) is 30.3 Å². The Kier molecular flexibility index (Phi) is 5.82. The van der Waals surface area contributed by atoms with Crippen LogP contribution < -0.4 is 14.8 Å². The minimum absolute atomic E-state index is 0.139. The van der Waals surface area contributed by atoms with Crippen LogP contribution in [-0.4, -0.2) is 41.1 Å². The van der Waals surface area contributed by atoms with Crippen molar-refractivity contribution in [1.29, 1.82) is 0 Å². The van der Waals surface area contributed by atoms with Gasteiger partial charge in [-0.25, -0.2) is 9.59 Å². The third-order valence-corrected chi connectivity index (χ3v) is 4.30. The van der Waals surface area contributed by atoms with Gasteiger partial charge in [-0.3, -0.25) is 9.69 Å². The predicted molar refractivity (Wildman–Crippen MR) is 104 cm³/mol. The summed E-state index contributed by atoms with van der Waals surface area (Å²) < 4.78 is 10.6. The zero-order valence-electron chi connectivity index (χ0n) is 15.9. The molecule has 1 fully saturated rings. The number of urea groups is 1. The van der Waals surface area contributed by atoms with E-state index >= 15 is 0 Å². The molecule has 2 aromatic carbocycles. The molecule has 0 aliphatic carbocycles. The molecular formula is C21H20N2O6. The number of hydrogen-bond acceptors (Lipinski definition) is 5. The largest absolute Gasteiger partial charge is 0.493 e. The average molecular weight is 396 g/mol. The van der Waals surface area contributed by atoms with Crippen LogP contribution >= 0.6 is 0 Å². The first kappa shape index (κ1) is 19.9. The number of amides is 3. The molecule has 1 aliphatic heterocycles. The highest BCUT2D eigenvalue weighted by Gasteiger charge is 2.33. The van der Waals surface area contributed by atoms with Crippen LogP contribution in [0.5, 0.6) is 11.5 Å². The van der Waals surface area contributed by atoms with Gasteiger partial charge in [0.2, 0.25) is 0 Å². The fourth-order valence-corrected chi connectivity index (χ4v) is 2.76. The van der Waals surface area contributed by atoms with Gasteiger partial charge in [0.05, 0.1) is 13.7 Å². The molecule has 0 aromatic heterocycles. The fraction of sp³-hybridized carbons (Fsp3) is 0.190. The van der Waals surface area contributed by atoms with Crippen molar-refractivity contribution in [3.05, 3.63) is 65.4 Å². The molecule has 3 rings (SSSR count). The van der Waals surface area contributed by atoms with Crippen molar-refractivity contribution in [3.8, 4) is 11.5 Å². The van der Waals surface area contributed by atoms with Crippen molar-refractivity contribution >= 4 is 24.0 Å². The molecule has 0 bridgehead atoms. The SMILES string of the molecule is COc1cc(/C=C2/NC(=O)N(Cc3ccccc3)C2=O)ccc1O[C@H](C)C(=O)O. The number of carboxylic acid groups (broad SMARTS) is 1. The van der Waals surface area contributed by atoms with Crippen molar-refractivity contribution in [2.75, 3.05) is 7.11 Å². The highest BCUT2D eigenvalue weighted by atomic mass is 16.5. The summed E-state index contributed by atoms with van der Waals surface area (Å²) in [6.45, 7) is 1.58. The molecule has 1 atom stereocenters. The van der Waals surface area contributed by atoms with Gasteiger partial charge < -0.3 is 19.9 Å². The Balaban J connectivity index is 1.80. The average Bonchev–Trinajstić information content (AvgIpc) is 2.97.